The summed E-state index contributed by atoms with van der Waals surface area (Å²) >= 11 is 0. The molecule has 3 aliphatic rings. The third-order valence-corrected chi connectivity index (χ3v) is 10.8. The van der Waals surface area contributed by atoms with Crippen LogP contribution in [0.1, 0.15) is 59.0 Å². The highest BCUT2D eigenvalue weighted by Crippen LogP contribution is 2.35. The van der Waals surface area contributed by atoms with Crippen molar-refractivity contribution in [3.63, 3.8) is 0 Å². The van der Waals surface area contributed by atoms with Gasteiger partial charge in [0.15, 0.2) is 0 Å². The number of ether oxygens (including phenoxy) is 3. The van der Waals surface area contributed by atoms with Crippen LogP contribution < -0.4 is 9.47 Å². The molecule has 0 aliphatic carbocycles. The second kappa shape index (κ2) is 17.0. The van der Waals surface area contributed by atoms with Gasteiger partial charge in [0.1, 0.15) is 25.2 Å². The van der Waals surface area contributed by atoms with Gasteiger partial charge in [0.05, 0.1) is 19.9 Å². The third kappa shape index (κ3) is 8.83. The number of benzene rings is 4. The first-order valence-electron chi connectivity index (χ1n) is 19.2. The fraction of sp³-hybridized carbons (Fsp3) is 0.348. The van der Waals surface area contributed by atoms with Crippen LogP contribution in [0.2, 0.25) is 0 Å². The lowest BCUT2D eigenvalue weighted by Crippen LogP contribution is -2.32. The molecular formula is C46H49N5O3. The summed E-state index contributed by atoms with van der Waals surface area (Å²) in [6, 6.07) is 38.4. The Morgan fingerprint density at radius 1 is 0.667 bits per heavy atom. The van der Waals surface area contributed by atoms with Crippen LogP contribution in [0.15, 0.2) is 116 Å². The Morgan fingerprint density at radius 3 is 1.91 bits per heavy atom. The number of nitrogens with zero attached hydrogens (tertiary/aromatic N) is 5. The molecule has 0 saturated carbocycles. The molecule has 3 aliphatic heterocycles. The Kier molecular flexibility index (Phi) is 11.3. The van der Waals surface area contributed by atoms with E-state index in [1.54, 1.807) is 6.33 Å². The Hall–Kier alpha value is -5.04. The monoisotopic (exact) mass is 719 g/mol. The Balaban J connectivity index is 0.925. The van der Waals surface area contributed by atoms with Gasteiger partial charge >= 0.3 is 0 Å². The minimum atomic E-state index is 0.242. The van der Waals surface area contributed by atoms with Gasteiger partial charge in [-0.15, -0.1) is 0 Å². The van der Waals surface area contributed by atoms with E-state index in [-0.39, 0.29) is 6.04 Å². The van der Waals surface area contributed by atoms with E-state index in [2.05, 4.69) is 106 Å². The summed E-state index contributed by atoms with van der Waals surface area (Å²) in [5.41, 5.74) is 7.65. The summed E-state index contributed by atoms with van der Waals surface area (Å²) < 4.78 is 18.3. The van der Waals surface area contributed by atoms with Crippen LogP contribution in [0.25, 0.3) is 0 Å². The molecule has 8 nitrogen and oxygen atoms in total. The summed E-state index contributed by atoms with van der Waals surface area (Å²) in [7, 11) is 0. The fourth-order valence-corrected chi connectivity index (χ4v) is 7.89. The van der Waals surface area contributed by atoms with Crippen molar-refractivity contribution in [2.45, 2.75) is 52.2 Å². The molecule has 0 bridgehead atoms. The maximum absolute atomic E-state index is 6.44. The van der Waals surface area contributed by atoms with E-state index in [0.29, 0.717) is 49.3 Å². The average molecular weight is 720 g/mol. The molecule has 8 heteroatoms. The number of hydrogen-bond donors (Lipinski definition) is 0. The molecule has 0 amide bonds. The molecule has 1 aromatic heterocycles. The first kappa shape index (κ1) is 36.0. The largest absolute Gasteiger partial charge is 0.482 e. The van der Waals surface area contributed by atoms with Crippen molar-refractivity contribution in [2.24, 2.45) is 11.8 Å². The van der Waals surface area contributed by atoms with Gasteiger partial charge < -0.3 is 14.2 Å². The minimum absolute atomic E-state index is 0.242. The van der Waals surface area contributed by atoms with Crippen molar-refractivity contribution in [2.75, 3.05) is 39.5 Å². The van der Waals surface area contributed by atoms with Gasteiger partial charge in [-0.05, 0) is 60.4 Å². The molecule has 3 unspecified atom stereocenters. The van der Waals surface area contributed by atoms with Gasteiger partial charge in [-0.3, -0.25) is 14.7 Å². The molecule has 0 radical (unpaired) electrons. The lowest BCUT2D eigenvalue weighted by Gasteiger charge is -2.27. The molecule has 8 rings (SSSR count). The zero-order valence-corrected chi connectivity index (χ0v) is 31.3. The summed E-state index contributed by atoms with van der Waals surface area (Å²) in [5, 5.41) is 0. The van der Waals surface area contributed by atoms with Crippen LogP contribution in [0.5, 0.6) is 11.6 Å². The predicted molar refractivity (Wildman–Crippen MR) is 211 cm³/mol. The smallest absolute Gasteiger partial charge is 0.260 e. The molecule has 3 fully saturated rings. The first-order valence-corrected chi connectivity index (χ1v) is 19.2. The normalized spacial score (nSPS) is 20.2. The van der Waals surface area contributed by atoms with Gasteiger partial charge in [-0.2, -0.15) is 4.98 Å². The van der Waals surface area contributed by atoms with Crippen molar-refractivity contribution < 1.29 is 14.2 Å². The summed E-state index contributed by atoms with van der Waals surface area (Å²) in [4.78, 5) is 16.8. The van der Waals surface area contributed by atoms with Crippen LogP contribution in [0, 0.1) is 23.7 Å². The second-order valence-corrected chi connectivity index (χ2v) is 15.1. The molecule has 54 heavy (non-hydrogen) atoms. The van der Waals surface area contributed by atoms with Gasteiger partial charge in [0, 0.05) is 67.8 Å². The Morgan fingerprint density at radius 2 is 1.28 bits per heavy atom. The van der Waals surface area contributed by atoms with Gasteiger partial charge in [-0.25, -0.2) is 4.98 Å². The number of likely N-dealkylation sites (tertiary alicyclic amines) is 1. The standard InChI is InChI=1S/C46H49N5O3/c1-34(2)51-33-50(26-43-45(53-28-38-9-5-3-6-10-38)46(48-32-47-43)54-29-39-11-7-4-8-12-39)27-44(51)40-21-19-36(20-22-40)14-13-35-15-17-37(18-16-35)23-49-24-41-30-52-31-42(41)25-49/h3-12,15-22,32,34,41-42,44H,23-31,33H2,1-2H3. The van der Waals surface area contributed by atoms with Crippen LogP contribution >= 0.6 is 0 Å². The highest BCUT2D eigenvalue weighted by molar-refractivity contribution is 5.44. The van der Waals surface area contributed by atoms with Gasteiger partial charge in [0.2, 0.25) is 5.75 Å². The third-order valence-electron chi connectivity index (χ3n) is 10.8. The molecule has 5 aromatic rings. The highest BCUT2D eigenvalue weighted by atomic mass is 16.5. The lowest BCUT2D eigenvalue weighted by atomic mass is 10.0. The maximum Gasteiger partial charge on any atom is 0.260 e. The Labute approximate surface area is 319 Å². The van der Waals surface area contributed by atoms with Crippen LogP contribution in [-0.4, -0.2) is 70.2 Å². The zero-order valence-electron chi connectivity index (χ0n) is 31.3. The van der Waals surface area contributed by atoms with Crippen LogP contribution in [-0.2, 0) is 31.0 Å². The van der Waals surface area contributed by atoms with Crippen molar-refractivity contribution in [3.05, 3.63) is 155 Å². The first-order chi connectivity index (χ1) is 26.5. The van der Waals surface area contributed by atoms with Crippen molar-refractivity contribution in [1.29, 1.82) is 0 Å². The van der Waals surface area contributed by atoms with E-state index in [1.807, 2.05) is 48.5 Å². The molecule has 276 valence electrons. The SMILES string of the molecule is CC(C)N1CN(Cc2ncnc(OCc3ccccc3)c2OCc2ccccc2)CC1c1ccc(C#Cc2ccc(CN3CC4COCC4C3)cc2)cc1. The van der Waals surface area contributed by atoms with Crippen LogP contribution in [0.3, 0.4) is 0 Å². The minimum Gasteiger partial charge on any atom is -0.482 e. The van der Waals surface area contributed by atoms with E-state index in [9.17, 15) is 0 Å². The summed E-state index contributed by atoms with van der Waals surface area (Å²) in [5.74, 6) is 9.26. The second-order valence-electron chi connectivity index (χ2n) is 15.1. The lowest BCUT2D eigenvalue weighted by molar-refractivity contribution is 0.153. The maximum atomic E-state index is 6.44. The van der Waals surface area contributed by atoms with Crippen molar-refractivity contribution >= 4 is 0 Å². The van der Waals surface area contributed by atoms with E-state index < -0.39 is 0 Å². The number of aromatic nitrogens is 2. The molecule has 4 heterocycles. The summed E-state index contributed by atoms with van der Waals surface area (Å²) in [6.07, 6.45) is 1.58. The molecule has 3 saturated heterocycles. The predicted octanol–water partition coefficient (Wildman–Crippen LogP) is 7.34. The molecule has 3 atom stereocenters. The molecule has 0 N–H and O–H groups in total. The summed E-state index contributed by atoms with van der Waals surface area (Å²) in [6.45, 7) is 12.8. The van der Waals surface area contributed by atoms with Gasteiger partial charge in [-0.1, -0.05) is 96.8 Å². The molecule has 0 spiro atoms. The number of hydrogen-bond acceptors (Lipinski definition) is 8. The molecule has 4 aromatic carbocycles. The van der Waals surface area contributed by atoms with Crippen molar-refractivity contribution in [1.82, 2.24) is 24.7 Å². The van der Waals surface area contributed by atoms with Crippen molar-refractivity contribution in [3.8, 4) is 23.5 Å². The zero-order chi connectivity index (χ0) is 36.7. The number of rotatable bonds is 12. The Bertz CT molecular complexity index is 2020. The van der Waals surface area contributed by atoms with E-state index in [0.717, 1.165) is 74.0 Å². The van der Waals surface area contributed by atoms with Gasteiger partial charge in [0.25, 0.3) is 5.88 Å². The van der Waals surface area contributed by atoms with E-state index in [1.165, 1.54) is 11.1 Å². The van der Waals surface area contributed by atoms with Crippen LogP contribution in [0.4, 0.5) is 0 Å². The topological polar surface area (TPSA) is 63.2 Å². The van der Waals surface area contributed by atoms with E-state index >= 15 is 0 Å². The average Bonchev–Trinajstić information content (AvgIpc) is 3.94. The highest BCUT2D eigenvalue weighted by Gasteiger charge is 2.37. The fourth-order valence-electron chi connectivity index (χ4n) is 7.89. The van der Waals surface area contributed by atoms with E-state index in [4.69, 9.17) is 19.2 Å². The molecular weight excluding hydrogens is 671 g/mol. The quantitative estimate of drug-likeness (QED) is 0.124. The number of fused-ring (bicyclic) bond motifs is 1.